The van der Waals surface area contributed by atoms with Gasteiger partial charge in [0, 0.05) is 13.1 Å². The van der Waals surface area contributed by atoms with E-state index < -0.39 is 6.09 Å². The fraction of sp³-hybridized carbons (Fsp3) is 0.900. The van der Waals surface area contributed by atoms with Gasteiger partial charge in [-0.25, -0.2) is 4.79 Å². The van der Waals surface area contributed by atoms with Crippen LogP contribution in [0.15, 0.2) is 0 Å². The maximum atomic E-state index is 10.9. The number of hydrogen-bond acceptors (Lipinski definition) is 2. The molecule has 0 aliphatic carbocycles. The van der Waals surface area contributed by atoms with Crippen molar-refractivity contribution in [1.29, 1.82) is 0 Å². The van der Waals surface area contributed by atoms with E-state index in [2.05, 4.69) is 0 Å². The monoisotopic (exact) mass is 202 g/mol. The number of carbonyl (C=O) groups is 1. The fourth-order valence-electron chi connectivity index (χ4n) is 1.26. The van der Waals surface area contributed by atoms with Gasteiger partial charge in [-0.05, 0) is 24.8 Å². The van der Waals surface area contributed by atoms with Gasteiger partial charge >= 0.3 is 6.09 Å². The largest absolute Gasteiger partial charge is 0.465 e. The summed E-state index contributed by atoms with van der Waals surface area (Å²) < 4.78 is 0. The molecule has 0 saturated carbocycles. The zero-order valence-corrected chi connectivity index (χ0v) is 9.42. The Morgan fingerprint density at radius 3 is 2.29 bits per heavy atom. The van der Waals surface area contributed by atoms with Crippen LogP contribution in [0.4, 0.5) is 4.79 Å². The first-order valence-electron chi connectivity index (χ1n) is 5.05. The zero-order chi connectivity index (χ0) is 11.2. The summed E-state index contributed by atoms with van der Waals surface area (Å²) >= 11 is 0. The van der Waals surface area contributed by atoms with Crippen LogP contribution < -0.4 is 5.73 Å². The van der Waals surface area contributed by atoms with E-state index in [0.29, 0.717) is 19.6 Å². The van der Waals surface area contributed by atoms with Crippen molar-refractivity contribution < 1.29 is 9.90 Å². The Kier molecular flexibility index (Phi) is 5.53. The standard InChI is InChI=1S/C10H22N2O2/c1-10(2,3)8-12(9(13)14)7-5-4-6-11/h4-8,11H2,1-3H3,(H,13,14). The predicted molar refractivity (Wildman–Crippen MR) is 57.3 cm³/mol. The third-order valence-corrected chi connectivity index (χ3v) is 1.82. The zero-order valence-electron chi connectivity index (χ0n) is 9.42. The van der Waals surface area contributed by atoms with E-state index in [1.54, 1.807) is 0 Å². The van der Waals surface area contributed by atoms with E-state index in [1.165, 1.54) is 4.90 Å². The summed E-state index contributed by atoms with van der Waals surface area (Å²) in [6.07, 6.45) is 0.893. The lowest BCUT2D eigenvalue weighted by atomic mass is 9.96. The molecule has 0 saturated heterocycles. The van der Waals surface area contributed by atoms with Gasteiger partial charge < -0.3 is 15.7 Å². The average Bonchev–Trinajstić information content (AvgIpc) is 2.00. The summed E-state index contributed by atoms with van der Waals surface area (Å²) in [6.45, 7) is 7.89. The molecule has 0 atom stereocenters. The highest BCUT2D eigenvalue weighted by Crippen LogP contribution is 2.15. The molecule has 0 bridgehead atoms. The van der Waals surface area contributed by atoms with Crippen LogP contribution in [-0.2, 0) is 0 Å². The van der Waals surface area contributed by atoms with E-state index in [0.717, 1.165) is 12.8 Å². The molecule has 3 N–H and O–H groups in total. The summed E-state index contributed by atoms with van der Waals surface area (Å²) in [4.78, 5) is 12.3. The molecule has 0 fully saturated rings. The Morgan fingerprint density at radius 1 is 1.36 bits per heavy atom. The molecule has 4 heteroatoms. The lowest BCUT2D eigenvalue weighted by molar-refractivity contribution is 0.125. The van der Waals surface area contributed by atoms with Gasteiger partial charge in [-0.2, -0.15) is 0 Å². The van der Waals surface area contributed by atoms with Crippen LogP contribution >= 0.6 is 0 Å². The van der Waals surface area contributed by atoms with Crippen LogP contribution in [0.1, 0.15) is 33.6 Å². The second-order valence-electron chi connectivity index (χ2n) is 4.76. The van der Waals surface area contributed by atoms with Crippen LogP contribution in [0, 0.1) is 5.41 Å². The van der Waals surface area contributed by atoms with Gasteiger partial charge in [0.1, 0.15) is 0 Å². The molecular weight excluding hydrogens is 180 g/mol. The molecule has 1 amide bonds. The molecule has 0 aromatic carbocycles. The number of amides is 1. The second kappa shape index (κ2) is 5.86. The maximum absolute atomic E-state index is 10.9. The summed E-state index contributed by atoms with van der Waals surface area (Å²) in [7, 11) is 0. The Bertz CT molecular complexity index is 175. The van der Waals surface area contributed by atoms with Crippen LogP contribution in [-0.4, -0.2) is 35.7 Å². The molecule has 14 heavy (non-hydrogen) atoms. The van der Waals surface area contributed by atoms with Crippen molar-refractivity contribution in [3.8, 4) is 0 Å². The second-order valence-corrected chi connectivity index (χ2v) is 4.76. The summed E-state index contributed by atoms with van der Waals surface area (Å²) in [5.74, 6) is 0. The predicted octanol–water partition coefficient (Wildman–Crippen LogP) is 1.75. The van der Waals surface area contributed by atoms with E-state index in [-0.39, 0.29) is 5.41 Å². The number of nitrogens with zero attached hydrogens (tertiary/aromatic N) is 1. The molecule has 0 radical (unpaired) electrons. The van der Waals surface area contributed by atoms with Gasteiger partial charge in [-0.1, -0.05) is 20.8 Å². The van der Waals surface area contributed by atoms with E-state index in [4.69, 9.17) is 10.8 Å². The molecule has 0 aromatic heterocycles. The van der Waals surface area contributed by atoms with E-state index >= 15 is 0 Å². The Hall–Kier alpha value is -0.770. The summed E-state index contributed by atoms with van der Waals surface area (Å²) in [6, 6.07) is 0. The van der Waals surface area contributed by atoms with Gasteiger partial charge in [0.2, 0.25) is 0 Å². The Morgan fingerprint density at radius 2 is 1.93 bits per heavy atom. The molecule has 0 rings (SSSR count). The van der Waals surface area contributed by atoms with E-state index in [1.807, 2.05) is 20.8 Å². The van der Waals surface area contributed by atoms with Gasteiger partial charge in [0.25, 0.3) is 0 Å². The number of nitrogens with two attached hydrogens (primary N) is 1. The van der Waals surface area contributed by atoms with Gasteiger partial charge in [-0.3, -0.25) is 0 Å². The molecule has 4 nitrogen and oxygen atoms in total. The van der Waals surface area contributed by atoms with Crippen molar-refractivity contribution in [1.82, 2.24) is 4.90 Å². The molecule has 0 aliphatic heterocycles. The van der Waals surface area contributed by atoms with Crippen molar-refractivity contribution >= 4 is 6.09 Å². The fourth-order valence-corrected chi connectivity index (χ4v) is 1.26. The van der Waals surface area contributed by atoms with Gasteiger partial charge in [0.15, 0.2) is 0 Å². The van der Waals surface area contributed by atoms with Crippen molar-refractivity contribution in [2.45, 2.75) is 33.6 Å². The number of unbranched alkanes of at least 4 members (excludes halogenated alkanes) is 1. The molecular formula is C10H22N2O2. The highest BCUT2D eigenvalue weighted by molar-refractivity contribution is 5.64. The van der Waals surface area contributed by atoms with Crippen molar-refractivity contribution in [2.75, 3.05) is 19.6 Å². The SMILES string of the molecule is CC(C)(C)CN(CCCCN)C(=O)O. The lowest BCUT2D eigenvalue weighted by Gasteiger charge is -2.27. The number of rotatable bonds is 5. The maximum Gasteiger partial charge on any atom is 0.407 e. The normalized spacial score (nSPS) is 11.4. The summed E-state index contributed by atoms with van der Waals surface area (Å²) in [5.41, 5.74) is 5.37. The molecule has 0 spiro atoms. The highest BCUT2D eigenvalue weighted by atomic mass is 16.4. The van der Waals surface area contributed by atoms with E-state index in [9.17, 15) is 4.79 Å². The average molecular weight is 202 g/mol. The van der Waals surface area contributed by atoms with Crippen LogP contribution in [0.3, 0.4) is 0 Å². The van der Waals surface area contributed by atoms with Gasteiger partial charge in [0.05, 0.1) is 0 Å². The van der Waals surface area contributed by atoms with Crippen molar-refractivity contribution in [3.05, 3.63) is 0 Å². The number of hydrogen-bond donors (Lipinski definition) is 2. The van der Waals surface area contributed by atoms with Crippen LogP contribution in [0.25, 0.3) is 0 Å². The molecule has 0 heterocycles. The molecule has 84 valence electrons. The minimum Gasteiger partial charge on any atom is -0.465 e. The Balaban J connectivity index is 3.97. The first kappa shape index (κ1) is 13.2. The third kappa shape index (κ3) is 6.71. The first-order chi connectivity index (χ1) is 6.37. The minimum atomic E-state index is -0.836. The smallest absolute Gasteiger partial charge is 0.407 e. The topological polar surface area (TPSA) is 66.6 Å². The molecule has 0 aliphatic rings. The molecule has 0 aromatic rings. The van der Waals surface area contributed by atoms with Gasteiger partial charge in [-0.15, -0.1) is 0 Å². The lowest BCUT2D eigenvalue weighted by Crippen LogP contribution is -2.37. The molecule has 0 unspecified atom stereocenters. The quantitative estimate of drug-likeness (QED) is 0.667. The van der Waals surface area contributed by atoms with Crippen LogP contribution in [0.2, 0.25) is 0 Å². The van der Waals surface area contributed by atoms with Crippen molar-refractivity contribution in [2.24, 2.45) is 11.1 Å². The van der Waals surface area contributed by atoms with Crippen LogP contribution in [0.5, 0.6) is 0 Å². The van der Waals surface area contributed by atoms with Crippen molar-refractivity contribution in [3.63, 3.8) is 0 Å². The summed E-state index contributed by atoms with van der Waals surface area (Å²) in [5, 5.41) is 8.93. The minimum absolute atomic E-state index is 0.0150. The first-order valence-corrected chi connectivity index (χ1v) is 5.05. The third-order valence-electron chi connectivity index (χ3n) is 1.82. The number of carboxylic acid groups (broad SMARTS) is 1. The Labute approximate surface area is 86.1 Å². The highest BCUT2D eigenvalue weighted by Gasteiger charge is 2.19.